The lowest BCUT2D eigenvalue weighted by atomic mass is 10.3. The molecule has 21 heavy (non-hydrogen) atoms. The summed E-state index contributed by atoms with van der Waals surface area (Å²) < 4.78 is 11.8. The minimum Gasteiger partial charge on any atom is -0.423 e. The molecule has 1 aliphatic rings. The van der Waals surface area contributed by atoms with Crippen LogP contribution in [-0.2, 0) is 4.74 Å². The maximum Gasteiger partial charge on any atom is 0.328 e. The summed E-state index contributed by atoms with van der Waals surface area (Å²) in [5, 5.41) is 0. The first-order valence-electron chi connectivity index (χ1n) is 6.49. The molecule has 1 aromatic carbocycles. The fourth-order valence-corrected chi connectivity index (χ4v) is 2.30. The van der Waals surface area contributed by atoms with Crippen LogP contribution in [0.4, 0.5) is 11.9 Å². The highest BCUT2D eigenvalue weighted by Crippen LogP contribution is 2.28. The van der Waals surface area contributed by atoms with Crippen molar-refractivity contribution in [3.8, 4) is 11.8 Å². The van der Waals surface area contributed by atoms with Crippen molar-refractivity contribution in [1.82, 2.24) is 15.0 Å². The molecule has 110 valence electrons. The molecule has 0 unspecified atom stereocenters. The number of ether oxygens (including phenoxy) is 2. The lowest BCUT2D eigenvalue weighted by Gasteiger charge is -2.26. The summed E-state index contributed by atoms with van der Waals surface area (Å²) in [5.74, 6) is 1.26. The van der Waals surface area contributed by atoms with Crippen LogP contribution in [-0.4, -0.2) is 41.3 Å². The fraction of sp³-hybridized carbons (Fsp3) is 0.308. The number of halogens is 1. The van der Waals surface area contributed by atoms with Crippen molar-refractivity contribution in [3.63, 3.8) is 0 Å². The number of hydrogen-bond acceptors (Lipinski definition) is 7. The zero-order chi connectivity index (χ0) is 14.7. The molecule has 0 aliphatic carbocycles. The third-order valence-electron chi connectivity index (χ3n) is 2.95. The maximum atomic E-state index is 5.75. The average Bonchev–Trinajstić information content (AvgIpc) is 2.50. The van der Waals surface area contributed by atoms with Gasteiger partial charge in [-0.25, -0.2) is 0 Å². The van der Waals surface area contributed by atoms with Crippen LogP contribution in [0, 0.1) is 0 Å². The number of nitrogen functional groups attached to an aromatic ring is 1. The Morgan fingerprint density at radius 3 is 2.67 bits per heavy atom. The van der Waals surface area contributed by atoms with Crippen molar-refractivity contribution in [1.29, 1.82) is 0 Å². The molecule has 1 fully saturated rings. The molecular weight excluding hydrogens is 338 g/mol. The number of rotatable bonds is 3. The van der Waals surface area contributed by atoms with Crippen LogP contribution in [0.15, 0.2) is 28.7 Å². The van der Waals surface area contributed by atoms with Crippen molar-refractivity contribution >= 4 is 27.8 Å². The van der Waals surface area contributed by atoms with E-state index < -0.39 is 0 Å². The first-order valence-corrected chi connectivity index (χ1v) is 7.28. The number of aromatic nitrogens is 3. The van der Waals surface area contributed by atoms with Crippen LogP contribution in [0.1, 0.15) is 0 Å². The molecule has 1 saturated heterocycles. The summed E-state index contributed by atoms with van der Waals surface area (Å²) in [7, 11) is 0. The molecule has 2 heterocycles. The van der Waals surface area contributed by atoms with Crippen LogP contribution < -0.4 is 15.4 Å². The van der Waals surface area contributed by atoms with Crippen molar-refractivity contribution < 1.29 is 9.47 Å². The SMILES string of the molecule is Nc1nc(Oc2ccccc2Br)nc(N2CCOCC2)n1. The normalized spacial score (nSPS) is 15.0. The third kappa shape index (κ3) is 3.40. The Balaban J connectivity index is 1.85. The van der Waals surface area contributed by atoms with Gasteiger partial charge in [0.2, 0.25) is 11.9 Å². The highest BCUT2D eigenvalue weighted by Gasteiger charge is 2.17. The number of hydrogen-bond donors (Lipinski definition) is 1. The fourth-order valence-electron chi connectivity index (χ4n) is 1.94. The van der Waals surface area contributed by atoms with Crippen molar-refractivity contribution in [3.05, 3.63) is 28.7 Å². The molecule has 2 aromatic rings. The molecule has 0 amide bonds. The van der Waals surface area contributed by atoms with Gasteiger partial charge in [-0.05, 0) is 28.1 Å². The quantitative estimate of drug-likeness (QED) is 0.902. The van der Waals surface area contributed by atoms with Gasteiger partial charge in [0.15, 0.2) is 0 Å². The van der Waals surface area contributed by atoms with Gasteiger partial charge in [-0.3, -0.25) is 0 Å². The molecule has 0 atom stereocenters. The van der Waals surface area contributed by atoms with Gasteiger partial charge in [0.05, 0.1) is 17.7 Å². The smallest absolute Gasteiger partial charge is 0.328 e. The summed E-state index contributed by atoms with van der Waals surface area (Å²) in [6, 6.07) is 7.64. The second-order valence-corrected chi connectivity index (χ2v) is 5.26. The number of benzene rings is 1. The van der Waals surface area contributed by atoms with E-state index in [0.717, 1.165) is 17.6 Å². The largest absolute Gasteiger partial charge is 0.423 e. The van der Waals surface area contributed by atoms with E-state index in [1.165, 1.54) is 0 Å². The Hall–Kier alpha value is -1.93. The van der Waals surface area contributed by atoms with Crippen LogP contribution >= 0.6 is 15.9 Å². The predicted octanol–water partition coefficient (Wildman–Crippen LogP) is 1.85. The summed E-state index contributed by atoms with van der Waals surface area (Å²) in [5.41, 5.74) is 5.75. The molecule has 8 heteroatoms. The zero-order valence-electron chi connectivity index (χ0n) is 11.2. The second-order valence-electron chi connectivity index (χ2n) is 4.41. The van der Waals surface area contributed by atoms with Gasteiger partial charge in [-0.2, -0.15) is 15.0 Å². The summed E-state index contributed by atoms with van der Waals surface area (Å²) in [6.07, 6.45) is 0. The van der Waals surface area contributed by atoms with E-state index in [9.17, 15) is 0 Å². The highest BCUT2D eigenvalue weighted by molar-refractivity contribution is 9.10. The minimum atomic E-state index is 0.133. The molecule has 0 radical (unpaired) electrons. The topological polar surface area (TPSA) is 86.4 Å². The van der Waals surface area contributed by atoms with E-state index in [4.69, 9.17) is 15.2 Å². The Kier molecular flexibility index (Phi) is 4.16. The molecule has 3 rings (SSSR count). The second kappa shape index (κ2) is 6.23. The molecule has 1 aliphatic heterocycles. The number of para-hydroxylation sites is 1. The van der Waals surface area contributed by atoms with E-state index >= 15 is 0 Å². The Labute approximate surface area is 130 Å². The van der Waals surface area contributed by atoms with Gasteiger partial charge in [0.1, 0.15) is 5.75 Å². The van der Waals surface area contributed by atoms with E-state index in [2.05, 4.69) is 30.9 Å². The van der Waals surface area contributed by atoms with Gasteiger partial charge in [-0.1, -0.05) is 12.1 Å². The molecule has 0 bridgehead atoms. The number of anilines is 2. The monoisotopic (exact) mass is 351 g/mol. The lowest BCUT2D eigenvalue weighted by molar-refractivity contribution is 0.122. The molecule has 2 N–H and O–H groups in total. The maximum absolute atomic E-state index is 5.75. The molecule has 7 nitrogen and oxygen atoms in total. The number of nitrogens with two attached hydrogens (primary N) is 1. The molecule has 1 aromatic heterocycles. The summed E-state index contributed by atoms with van der Waals surface area (Å²) >= 11 is 3.41. The van der Waals surface area contributed by atoms with E-state index in [1.807, 2.05) is 29.2 Å². The average molecular weight is 352 g/mol. The Bertz CT molecular complexity index is 634. The number of nitrogens with zero attached hydrogens (tertiary/aromatic N) is 4. The standard InChI is InChI=1S/C13H14BrN5O2/c14-9-3-1-2-4-10(9)21-13-17-11(15)16-12(18-13)19-5-7-20-8-6-19/h1-4H,5-8H2,(H2,15,16,17,18). The molecule has 0 spiro atoms. The van der Waals surface area contributed by atoms with E-state index in [0.29, 0.717) is 24.9 Å². The summed E-state index contributed by atoms with van der Waals surface area (Å²) in [6.45, 7) is 2.73. The first kappa shape index (κ1) is 14.0. The number of morpholine rings is 1. The Morgan fingerprint density at radius 1 is 1.14 bits per heavy atom. The van der Waals surface area contributed by atoms with Crippen LogP contribution in [0.3, 0.4) is 0 Å². The van der Waals surface area contributed by atoms with Crippen LogP contribution in [0.5, 0.6) is 11.8 Å². The Morgan fingerprint density at radius 2 is 1.90 bits per heavy atom. The van der Waals surface area contributed by atoms with Crippen molar-refractivity contribution in [2.75, 3.05) is 36.9 Å². The van der Waals surface area contributed by atoms with Crippen molar-refractivity contribution in [2.24, 2.45) is 0 Å². The van der Waals surface area contributed by atoms with E-state index in [1.54, 1.807) is 0 Å². The van der Waals surface area contributed by atoms with Gasteiger partial charge in [0.25, 0.3) is 0 Å². The van der Waals surface area contributed by atoms with Gasteiger partial charge in [-0.15, -0.1) is 0 Å². The predicted molar refractivity (Wildman–Crippen MR) is 81.5 cm³/mol. The lowest BCUT2D eigenvalue weighted by Crippen LogP contribution is -2.37. The van der Waals surface area contributed by atoms with Crippen LogP contribution in [0.2, 0.25) is 0 Å². The highest BCUT2D eigenvalue weighted by atomic mass is 79.9. The molecule has 0 saturated carbocycles. The third-order valence-corrected chi connectivity index (χ3v) is 3.61. The van der Waals surface area contributed by atoms with E-state index in [-0.39, 0.29) is 12.0 Å². The van der Waals surface area contributed by atoms with Crippen LogP contribution in [0.25, 0.3) is 0 Å². The van der Waals surface area contributed by atoms with Crippen molar-refractivity contribution in [2.45, 2.75) is 0 Å². The van der Waals surface area contributed by atoms with Gasteiger partial charge in [0, 0.05) is 13.1 Å². The van der Waals surface area contributed by atoms with Gasteiger partial charge >= 0.3 is 6.01 Å². The first-order chi connectivity index (χ1) is 10.2. The van der Waals surface area contributed by atoms with Gasteiger partial charge < -0.3 is 20.1 Å². The zero-order valence-corrected chi connectivity index (χ0v) is 12.8. The molecular formula is C13H14BrN5O2. The minimum absolute atomic E-state index is 0.133. The summed E-state index contributed by atoms with van der Waals surface area (Å²) in [4.78, 5) is 14.5.